The molecule has 2 heterocycles. The van der Waals surface area contributed by atoms with Crippen LogP contribution in [-0.2, 0) is 13.6 Å². The molecule has 0 atom stereocenters. The molecule has 0 aliphatic carbocycles. The van der Waals surface area contributed by atoms with Crippen molar-refractivity contribution in [1.82, 2.24) is 14.8 Å². The van der Waals surface area contributed by atoms with Crippen LogP contribution < -0.4 is 15.8 Å². The van der Waals surface area contributed by atoms with E-state index in [4.69, 9.17) is 0 Å². The molecule has 0 saturated carbocycles. The van der Waals surface area contributed by atoms with Gasteiger partial charge in [-0.15, -0.1) is 0 Å². The molecule has 0 spiro atoms. The van der Waals surface area contributed by atoms with E-state index in [9.17, 15) is 9.59 Å². The van der Waals surface area contributed by atoms with Crippen LogP contribution in [0.2, 0.25) is 0 Å². The van der Waals surface area contributed by atoms with Crippen LogP contribution in [0.25, 0.3) is 0 Å². The Morgan fingerprint density at radius 3 is 2.52 bits per heavy atom. The first-order chi connectivity index (χ1) is 13.0. The third-order valence-corrected chi connectivity index (χ3v) is 4.88. The second kappa shape index (κ2) is 8.13. The molecule has 3 rings (SSSR count). The number of hydrogen-bond donors (Lipinski definition) is 1. The fourth-order valence-corrected chi connectivity index (χ4v) is 2.97. The molecule has 7 nitrogen and oxygen atoms in total. The van der Waals surface area contributed by atoms with Crippen molar-refractivity contribution in [2.45, 2.75) is 6.54 Å². The molecule has 3 aromatic rings. The Hall–Kier alpha value is -3.00. The zero-order valence-corrected chi connectivity index (χ0v) is 16.5. The highest BCUT2D eigenvalue weighted by atomic mass is 79.9. The second-order valence-electron chi connectivity index (χ2n) is 5.92. The van der Waals surface area contributed by atoms with Gasteiger partial charge in [-0.25, -0.2) is 4.68 Å². The number of nitrogens with one attached hydrogen (secondary N) is 1. The second-order valence-corrected chi connectivity index (χ2v) is 6.71. The number of aryl methyl sites for hydroxylation is 1. The van der Waals surface area contributed by atoms with Crippen molar-refractivity contribution < 1.29 is 4.79 Å². The van der Waals surface area contributed by atoms with Crippen molar-refractivity contribution in [3.05, 3.63) is 80.9 Å². The summed E-state index contributed by atoms with van der Waals surface area (Å²) < 4.78 is 1.71. The Balaban J connectivity index is 1.68. The molecule has 8 heteroatoms. The standard InChI is InChI=1S/C19H18BrN5O2/c1-24(18(26)14-7-9-21-10-8-14)15-5-3-13(4-6-15)11-22-16-12-23-25(2)19(27)17(16)20/h3-10,12,22H,11H2,1-2H3. The zero-order chi connectivity index (χ0) is 19.4. The maximum Gasteiger partial charge on any atom is 0.282 e. The molecule has 0 aliphatic heterocycles. The van der Waals surface area contributed by atoms with Crippen LogP contribution in [0.1, 0.15) is 15.9 Å². The summed E-state index contributed by atoms with van der Waals surface area (Å²) in [5, 5.41) is 7.18. The van der Waals surface area contributed by atoms with Gasteiger partial charge in [0.25, 0.3) is 11.5 Å². The van der Waals surface area contributed by atoms with E-state index in [1.165, 1.54) is 4.68 Å². The van der Waals surface area contributed by atoms with Gasteiger partial charge in [-0.2, -0.15) is 5.10 Å². The summed E-state index contributed by atoms with van der Waals surface area (Å²) in [6, 6.07) is 11.0. The van der Waals surface area contributed by atoms with Gasteiger partial charge in [0.1, 0.15) is 4.47 Å². The molecular weight excluding hydrogens is 410 g/mol. The van der Waals surface area contributed by atoms with Crippen molar-refractivity contribution in [3.63, 3.8) is 0 Å². The first kappa shape index (κ1) is 18.8. The highest BCUT2D eigenvalue weighted by Crippen LogP contribution is 2.19. The number of benzene rings is 1. The number of rotatable bonds is 5. The maximum atomic E-state index is 12.5. The van der Waals surface area contributed by atoms with Crippen LogP contribution in [0.4, 0.5) is 11.4 Å². The number of carbonyl (C=O) groups excluding carboxylic acids is 1. The average molecular weight is 428 g/mol. The Labute approximate surface area is 164 Å². The van der Waals surface area contributed by atoms with E-state index in [0.717, 1.165) is 11.3 Å². The lowest BCUT2D eigenvalue weighted by Crippen LogP contribution is -2.26. The van der Waals surface area contributed by atoms with Crippen molar-refractivity contribution in [2.75, 3.05) is 17.3 Å². The van der Waals surface area contributed by atoms with Gasteiger partial charge in [0.2, 0.25) is 0 Å². The van der Waals surface area contributed by atoms with Gasteiger partial charge in [-0.1, -0.05) is 12.1 Å². The molecule has 27 heavy (non-hydrogen) atoms. The monoisotopic (exact) mass is 427 g/mol. The van der Waals surface area contributed by atoms with E-state index in [2.05, 4.69) is 31.3 Å². The molecule has 1 N–H and O–H groups in total. The smallest absolute Gasteiger partial charge is 0.282 e. The van der Waals surface area contributed by atoms with E-state index in [0.29, 0.717) is 22.3 Å². The first-order valence-corrected chi connectivity index (χ1v) is 8.99. The van der Waals surface area contributed by atoms with E-state index < -0.39 is 0 Å². The number of pyridine rings is 1. The fourth-order valence-electron chi connectivity index (χ4n) is 2.47. The van der Waals surface area contributed by atoms with E-state index in [1.807, 2.05) is 24.3 Å². The lowest BCUT2D eigenvalue weighted by Gasteiger charge is -2.18. The van der Waals surface area contributed by atoms with E-state index in [-0.39, 0.29) is 11.5 Å². The van der Waals surface area contributed by atoms with Gasteiger partial charge in [-0.05, 0) is 45.8 Å². The van der Waals surface area contributed by atoms with Crippen molar-refractivity contribution >= 4 is 33.2 Å². The third kappa shape index (κ3) is 4.22. The number of aromatic nitrogens is 3. The number of halogens is 1. The molecule has 0 bridgehead atoms. The molecule has 0 fully saturated rings. The number of nitrogens with zero attached hydrogens (tertiary/aromatic N) is 4. The van der Waals surface area contributed by atoms with Crippen LogP contribution in [0.15, 0.2) is 64.3 Å². The normalized spacial score (nSPS) is 10.5. The highest BCUT2D eigenvalue weighted by Gasteiger charge is 2.13. The Bertz CT molecular complexity index is 1000. The summed E-state index contributed by atoms with van der Waals surface area (Å²) in [5.41, 5.74) is 2.81. The average Bonchev–Trinajstić information content (AvgIpc) is 2.71. The summed E-state index contributed by atoms with van der Waals surface area (Å²) >= 11 is 3.29. The van der Waals surface area contributed by atoms with Gasteiger partial charge in [0, 0.05) is 44.3 Å². The molecule has 1 aromatic carbocycles. The number of hydrogen-bond acceptors (Lipinski definition) is 5. The minimum Gasteiger partial charge on any atom is -0.379 e. The van der Waals surface area contributed by atoms with Gasteiger partial charge in [0.05, 0.1) is 11.9 Å². The quantitative estimate of drug-likeness (QED) is 0.676. The minimum absolute atomic E-state index is 0.0987. The molecule has 1 amide bonds. The molecule has 0 saturated heterocycles. The number of anilines is 2. The number of carbonyl (C=O) groups is 1. The van der Waals surface area contributed by atoms with Gasteiger partial charge < -0.3 is 10.2 Å². The van der Waals surface area contributed by atoms with Crippen molar-refractivity contribution in [1.29, 1.82) is 0 Å². The fraction of sp³-hybridized carbons (Fsp3) is 0.158. The first-order valence-electron chi connectivity index (χ1n) is 8.20. The van der Waals surface area contributed by atoms with E-state index in [1.54, 1.807) is 49.7 Å². The van der Waals surface area contributed by atoms with Crippen LogP contribution in [0, 0.1) is 0 Å². The summed E-state index contributed by atoms with van der Waals surface area (Å²) in [6.45, 7) is 0.524. The molecule has 2 aromatic heterocycles. The molecule has 0 radical (unpaired) electrons. The molecule has 0 aliphatic rings. The summed E-state index contributed by atoms with van der Waals surface area (Å²) in [5.74, 6) is -0.0987. The molecular formula is C19H18BrN5O2. The van der Waals surface area contributed by atoms with Crippen molar-refractivity contribution in [3.8, 4) is 0 Å². The SMILES string of the molecule is CN(C(=O)c1ccncc1)c1ccc(CNc2cnn(C)c(=O)c2Br)cc1. The number of amides is 1. The Morgan fingerprint density at radius 1 is 1.19 bits per heavy atom. The topological polar surface area (TPSA) is 80.1 Å². The van der Waals surface area contributed by atoms with Crippen LogP contribution >= 0.6 is 15.9 Å². The van der Waals surface area contributed by atoms with Gasteiger partial charge in [-0.3, -0.25) is 14.6 Å². The highest BCUT2D eigenvalue weighted by molar-refractivity contribution is 9.10. The van der Waals surface area contributed by atoms with Crippen molar-refractivity contribution in [2.24, 2.45) is 7.05 Å². The largest absolute Gasteiger partial charge is 0.379 e. The van der Waals surface area contributed by atoms with Gasteiger partial charge >= 0.3 is 0 Å². The van der Waals surface area contributed by atoms with Crippen LogP contribution in [-0.4, -0.2) is 27.7 Å². The Kier molecular flexibility index (Phi) is 5.66. The minimum atomic E-state index is -0.202. The van der Waals surface area contributed by atoms with E-state index >= 15 is 0 Å². The van der Waals surface area contributed by atoms with Crippen LogP contribution in [0.5, 0.6) is 0 Å². The lowest BCUT2D eigenvalue weighted by atomic mass is 10.1. The summed E-state index contributed by atoms with van der Waals surface area (Å²) in [6.07, 6.45) is 4.79. The molecule has 138 valence electrons. The predicted molar refractivity (Wildman–Crippen MR) is 108 cm³/mol. The Morgan fingerprint density at radius 2 is 1.85 bits per heavy atom. The zero-order valence-electron chi connectivity index (χ0n) is 14.9. The van der Waals surface area contributed by atoms with Crippen LogP contribution in [0.3, 0.4) is 0 Å². The summed E-state index contributed by atoms with van der Waals surface area (Å²) in [7, 11) is 3.33. The molecule has 0 unspecified atom stereocenters. The lowest BCUT2D eigenvalue weighted by molar-refractivity contribution is 0.0993. The van der Waals surface area contributed by atoms with Gasteiger partial charge in [0.15, 0.2) is 0 Å². The summed E-state index contributed by atoms with van der Waals surface area (Å²) in [4.78, 5) is 29.9. The predicted octanol–water partition coefficient (Wildman–Crippen LogP) is 2.83. The maximum absolute atomic E-state index is 12.5. The third-order valence-electron chi connectivity index (χ3n) is 4.12.